The standard InChI is InChI=1S/C17H18N2O3S/c1-9-11(7-8-22-9)15(20)19-17-14(16(21)18-10-5-6-10)12-3-2-4-13(12)23-17/h7-8,10H,2-6H2,1H3,(H,18,21)(H,19,20). The predicted octanol–water partition coefficient (Wildman–Crippen LogP) is 3.28. The molecule has 4 rings (SSSR count). The van der Waals surface area contributed by atoms with Gasteiger partial charge in [0.1, 0.15) is 10.8 Å². The molecule has 2 amide bonds. The Morgan fingerprint density at radius 1 is 1.26 bits per heavy atom. The van der Waals surface area contributed by atoms with Gasteiger partial charge in [-0.05, 0) is 50.7 Å². The summed E-state index contributed by atoms with van der Waals surface area (Å²) < 4.78 is 5.19. The summed E-state index contributed by atoms with van der Waals surface area (Å²) in [4.78, 5) is 26.3. The third kappa shape index (κ3) is 2.67. The molecule has 2 aromatic rings. The van der Waals surface area contributed by atoms with Crippen molar-refractivity contribution in [3.05, 3.63) is 39.7 Å². The van der Waals surface area contributed by atoms with E-state index in [4.69, 9.17) is 4.42 Å². The molecule has 2 aliphatic carbocycles. The van der Waals surface area contributed by atoms with E-state index < -0.39 is 0 Å². The molecule has 0 spiro atoms. The second-order valence-corrected chi connectivity index (χ2v) is 7.26. The van der Waals surface area contributed by atoms with Crippen LogP contribution in [0.3, 0.4) is 0 Å². The zero-order valence-corrected chi connectivity index (χ0v) is 13.7. The van der Waals surface area contributed by atoms with Crippen molar-refractivity contribution in [3.63, 3.8) is 0 Å². The molecule has 6 heteroatoms. The zero-order valence-electron chi connectivity index (χ0n) is 12.9. The summed E-state index contributed by atoms with van der Waals surface area (Å²) in [6, 6.07) is 1.95. The number of anilines is 1. The van der Waals surface area contributed by atoms with Crippen LogP contribution in [-0.4, -0.2) is 17.9 Å². The van der Waals surface area contributed by atoms with Crippen LogP contribution >= 0.6 is 11.3 Å². The minimum atomic E-state index is -0.225. The van der Waals surface area contributed by atoms with Crippen molar-refractivity contribution in [2.75, 3.05) is 5.32 Å². The number of hydrogen-bond acceptors (Lipinski definition) is 4. The molecule has 2 heterocycles. The van der Waals surface area contributed by atoms with Gasteiger partial charge in [0.2, 0.25) is 0 Å². The molecule has 120 valence electrons. The van der Waals surface area contributed by atoms with Crippen LogP contribution in [0, 0.1) is 6.92 Å². The fourth-order valence-corrected chi connectivity index (χ4v) is 4.29. The van der Waals surface area contributed by atoms with Crippen LogP contribution in [0.25, 0.3) is 0 Å². The number of carbonyl (C=O) groups is 2. The van der Waals surface area contributed by atoms with Crippen LogP contribution in [-0.2, 0) is 12.8 Å². The van der Waals surface area contributed by atoms with Crippen LogP contribution in [0.4, 0.5) is 5.00 Å². The van der Waals surface area contributed by atoms with E-state index in [-0.39, 0.29) is 11.8 Å². The lowest BCUT2D eigenvalue weighted by molar-refractivity contribution is 0.0951. The minimum absolute atomic E-state index is 0.0499. The number of fused-ring (bicyclic) bond motifs is 1. The largest absolute Gasteiger partial charge is 0.469 e. The Bertz CT molecular complexity index is 786. The molecular weight excluding hydrogens is 312 g/mol. The minimum Gasteiger partial charge on any atom is -0.469 e. The van der Waals surface area contributed by atoms with Gasteiger partial charge in [-0.25, -0.2) is 0 Å². The Morgan fingerprint density at radius 3 is 2.78 bits per heavy atom. The zero-order chi connectivity index (χ0) is 16.0. The van der Waals surface area contributed by atoms with Crippen LogP contribution in [0.2, 0.25) is 0 Å². The molecule has 0 bridgehead atoms. The molecule has 2 N–H and O–H groups in total. The number of nitrogens with one attached hydrogen (secondary N) is 2. The number of aryl methyl sites for hydroxylation is 2. The summed E-state index contributed by atoms with van der Waals surface area (Å²) in [7, 11) is 0. The first-order chi connectivity index (χ1) is 11.1. The fraction of sp³-hybridized carbons (Fsp3) is 0.412. The topological polar surface area (TPSA) is 71.3 Å². The Kier molecular flexibility index (Phi) is 3.49. The lowest BCUT2D eigenvalue weighted by Gasteiger charge is -2.08. The van der Waals surface area contributed by atoms with Crippen LogP contribution in [0.1, 0.15) is 56.2 Å². The van der Waals surface area contributed by atoms with Crippen LogP contribution in [0.15, 0.2) is 16.7 Å². The van der Waals surface area contributed by atoms with Crippen molar-refractivity contribution < 1.29 is 14.0 Å². The highest BCUT2D eigenvalue weighted by Gasteiger charge is 2.31. The Hall–Kier alpha value is -2.08. The van der Waals surface area contributed by atoms with Crippen molar-refractivity contribution in [2.45, 2.75) is 45.1 Å². The molecule has 1 fully saturated rings. The Labute approximate surface area is 138 Å². The molecule has 0 atom stereocenters. The van der Waals surface area contributed by atoms with E-state index in [1.165, 1.54) is 22.5 Å². The maximum atomic E-state index is 12.6. The second kappa shape index (κ2) is 5.53. The number of rotatable bonds is 4. The van der Waals surface area contributed by atoms with Gasteiger partial charge in [0, 0.05) is 10.9 Å². The molecule has 0 saturated heterocycles. The molecule has 0 unspecified atom stereocenters. The van der Waals surface area contributed by atoms with Gasteiger partial charge < -0.3 is 15.1 Å². The molecule has 23 heavy (non-hydrogen) atoms. The van der Waals surface area contributed by atoms with Crippen molar-refractivity contribution >= 4 is 28.2 Å². The number of thiophene rings is 1. The van der Waals surface area contributed by atoms with Crippen molar-refractivity contribution in [3.8, 4) is 0 Å². The Morgan fingerprint density at radius 2 is 2.09 bits per heavy atom. The van der Waals surface area contributed by atoms with E-state index in [1.807, 2.05) is 0 Å². The lowest BCUT2D eigenvalue weighted by Crippen LogP contribution is -2.27. The molecule has 0 aliphatic heterocycles. The van der Waals surface area contributed by atoms with Crippen molar-refractivity contribution in [1.29, 1.82) is 0 Å². The normalized spacial score (nSPS) is 16.2. The van der Waals surface area contributed by atoms with Gasteiger partial charge in [-0.3, -0.25) is 9.59 Å². The number of furan rings is 1. The van der Waals surface area contributed by atoms with Gasteiger partial charge in [0.15, 0.2) is 0 Å². The number of carbonyl (C=O) groups excluding carboxylic acids is 2. The van der Waals surface area contributed by atoms with Crippen molar-refractivity contribution in [1.82, 2.24) is 5.32 Å². The average Bonchev–Trinajstić information content (AvgIpc) is 2.91. The van der Waals surface area contributed by atoms with E-state index in [0.29, 0.717) is 27.9 Å². The second-order valence-electron chi connectivity index (χ2n) is 6.15. The maximum absolute atomic E-state index is 12.6. The van der Waals surface area contributed by atoms with Gasteiger partial charge in [-0.15, -0.1) is 11.3 Å². The molecule has 2 aromatic heterocycles. The van der Waals surface area contributed by atoms with Gasteiger partial charge >= 0.3 is 0 Å². The third-order valence-electron chi connectivity index (χ3n) is 4.39. The lowest BCUT2D eigenvalue weighted by atomic mass is 10.1. The number of amides is 2. The molecular formula is C17H18N2O3S. The highest BCUT2D eigenvalue weighted by molar-refractivity contribution is 7.17. The first-order valence-electron chi connectivity index (χ1n) is 7.94. The van der Waals surface area contributed by atoms with E-state index in [1.54, 1.807) is 13.0 Å². The molecule has 5 nitrogen and oxygen atoms in total. The van der Waals surface area contributed by atoms with Gasteiger partial charge in [-0.2, -0.15) is 0 Å². The molecule has 0 radical (unpaired) electrons. The molecule has 2 aliphatic rings. The summed E-state index contributed by atoms with van der Waals surface area (Å²) in [5.41, 5.74) is 2.29. The van der Waals surface area contributed by atoms with Crippen LogP contribution < -0.4 is 10.6 Å². The van der Waals surface area contributed by atoms with Gasteiger partial charge in [0.05, 0.1) is 17.4 Å². The third-order valence-corrected chi connectivity index (χ3v) is 5.60. The van der Waals surface area contributed by atoms with E-state index in [9.17, 15) is 9.59 Å². The van der Waals surface area contributed by atoms with E-state index >= 15 is 0 Å². The Balaban J connectivity index is 1.64. The predicted molar refractivity (Wildman–Crippen MR) is 88.2 cm³/mol. The fourth-order valence-electron chi connectivity index (χ4n) is 3.01. The summed E-state index contributed by atoms with van der Waals surface area (Å²) in [6.07, 6.45) is 6.59. The quantitative estimate of drug-likeness (QED) is 0.903. The van der Waals surface area contributed by atoms with Crippen LogP contribution in [0.5, 0.6) is 0 Å². The summed E-state index contributed by atoms with van der Waals surface area (Å²) in [6.45, 7) is 1.75. The highest BCUT2D eigenvalue weighted by Crippen LogP contribution is 2.39. The summed E-state index contributed by atoms with van der Waals surface area (Å²) >= 11 is 1.53. The maximum Gasteiger partial charge on any atom is 0.259 e. The van der Waals surface area contributed by atoms with Gasteiger partial charge in [0.25, 0.3) is 11.8 Å². The smallest absolute Gasteiger partial charge is 0.259 e. The molecule has 1 saturated carbocycles. The van der Waals surface area contributed by atoms with Crippen molar-refractivity contribution in [2.24, 2.45) is 0 Å². The van der Waals surface area contributed by atoms with E-state index in [0.717, 1.165) is 37.7 Å². The average molecular weight is 330 g/mol. The number of hydrogen-bond donors (Lipinski definition) is 2. The molecule has 0 aromatic carbocycles. The monoisotopic (exact) mass is 330 g/mol. The summed E-state index contributed by atoms with van der Waals surface area (Å²) in [5.74, 6) is 0.304. The first kappa shape index (κ1) is 14.5. The van der Waals surface area contributed by atoms with E-state index in [2.05, 4.69) is 10.6 Å². The first-order valence-corrected chi connectivity index (χ1v) is 8.76. The highest BCUT2D eigenvalue weighted by atomic mass is 32.1. The summed E-state index contributed by atoms with van der Waals surface area (Å²) in [5, 5.41) is 6.63. The van der Waals surface area contributed by atoms with Gasteiger partial charge in [-0.1, -0.05) is 0 Å². The SMILES string of the molecule is Cc1occc1C(=O)Nc1sc2c(c1C(=O)NC1CC1)CCC2.